The van der Waals surface area contributed by atoms with Crippen molar-refractivity contribution < 1.29 is 14.0 Å². The maximum absolute atomic E-state index is 11.0. The zero-order chi connectivity index (χ0) is 14.7. The molecule has 0 radical (unpaired) electrons. The second kappa shape index (κ2) is 6.37. The van der Waals surface area contributed by atoms with Crippen LogP contribution in [0, 0.1) is 0 Å². The fourth-order valence-electron chi connectivity index (χ4n) is 1.22. The van der Waals surface area contributed by atoms with E-state index in [9.17, 15) is 9.59 Å². The van der Waals surface area contributed by atoms with Crippen LogP contribution in [0.25, 0.3) is 0 Å². The van der Waals surface area contributed by atoms with Crippen molar-refractivity contribution in [3.63, 3.8) is 0 Å². The Labute approximate surface area is 130 Å². The molecule has 2 rings (SSSR count). The van der Waals surface area contributed by atoms with Gasteiger partial charge < -0.3 is 15.5 Å². The first-order valence-electron chi connectivity index (χ1n) is 5.27. The standard InChI is InChI=1S/C10H9BrN4O3S2/c1-4(16)14-10-13-2-6(20-10)19-3-5-15-7(9(12)17)8(11)18-5/h2H,3H2,1H3,(H2,12,17)(H,13,14,16). The number of rotatable bonds is 5. The maximum Gasteiger partial charge on any atom is 0.271 e. The van der Waals surface area contributed by atoms with Crippen LogP contribution in [0.2, 0.25) is 0 Å². The van der Waals surface area contributed by atoms with Crippen LogP contribution in [-0.2, 0) is 10.5 Å². The van der Waals surface area contributed by atoms with Crippen molar-refractivity contribution in [3.05, 3.63) is 22.5 Å². The molecule has 106 valence electrons. The first-order chi connectivity index (χ1) is 9.45. The number of thiazole rings is 1. The summed E-state index contributed by atoms with van der Waals surface area (Å²) in [6, 6.07) is 0. The van der Waals surface area contributed by atoms with E-state index in [-0.39, 0.29) is 16.3 Å². The van der Waals surface area contributed by atoms with Crippen molar-refractivity contribution in [3.8, 4) is 0 Å². The zero-order valence-corrected chi connectivity index (χ0v) is 13.4. The van der Waals surface area contributed by atoms with Crippen LogP contribution in [0.5, 0.6) is 0 Å². The molecule has 2 aromatic rings. The number of hydrogen-bond donors (Lipinski definition) is 2. The Balaban J connectivity index is 1.98. The normalized spacial score (nSPS) is 10.5. The van der Waals surface area contributed by atoms with E-state index < -0.39 is 5.91 Å². The summed E-state index contributed by atoms with van der Waals surface area (Å²) < 4.78 is 6.39. The summed E-state index contributed by atoms with van der Waals surface area (Å²) in [5.41, 5.74) is 5.21. The van der Waals surface area contributed by atoms with Gasteiger partial charge in [0, 0.05) is 6.92 Å². The smallest absolute Gasteiger partial charge is 0.271 e. The molecule has 0 unspecified atom stereocenters. The van der Waals surface area contributed by atoms with Crippen LogP contribution in [0.1, 0.15) is 23.3 Å². The minimum Gasteiger partial charge on any atom is -0.432 e. The van der Waals surface area contributed by atoms with Crippen LogP contribution in [0.15, 0.2) is 19.5 Å². The molecule has 0 aromatic carbocycles. The highest BCUT2D eigenvalue weighted by Gasteiger charge is 2.16. The van der Waals surface area contributed by atoms with Crippen LogP contribution in [-0.4, -0.2) is 21.8 Å². The summed E-state index contributed by atoms with van der Waals surface area (Å²) in [5, 5.41) is 3.13. The van der Waals surface area contributed by atoms with Gasteiger partial charge in [-0.2, -0.15) is 0 Å². The van der Waals surface area contributed by atoms with E-state index in [1.807, 2.05) is 0 Å². The number of nitrogens with two attached hydrogens (primary N) is 1. The Morgan fingerprint density at radius 3 is 2.95 bits per heavy atom. The molecular weight excluding hydrogens is 368 g/mol. The van der Waals surface area contributed by atoms with Gasteiger partial charge in [-0.3, -0.25) is 9.59 Å². The third kappa shape index (κ3) is 3.81. The second-order valence-corrected chi connectivity index (χ2v) is 6.57. The Hall–Kier alpha value is -1.39. The molecule has 0 saturated carbocycles. The number of carbonyl (C=O) groups excluding carboxylic acids is 2. The molecular formula is C10H9BrN4O3S2. The van der Waals surface area contributed by atoms with Crippen molar-refractivity contribution in [1.29, 1.82) is 0 Å². The molecule has 2 aromatic heterocycles. The lowest BCUT2D eigenvalue weighted by Crippen LogP contribution is -2.11. The number of aromatic nitrogens is 2. The SMILES string of the molecule is CC(=O)Nc1ncc(SCc2nc(C(N)=O)c(Br)o2)s1. The molecule has 0 aliphatic rings. The van der Waals surface area contributed by atoms with Gasteiger partial charge in [-0.25, -0.2) is 9.97 Å². The van der Waals surface area contributed by atoms with E-state index in [0.29, 0.717) is 16.8 Å². The average molecular weight is 377 g/mol. The van der Waals surface area contributed by atoms with Crippen molar-refractivity contribution in [2.24, 2.45) is 5.73 Å². The van der Waals surface area contributed by atoms with E-state index in [0.717, 1.165) is 4.21 Å². The number of carbonyl (C=O) groups is 2. The largest absolute Gasteiger partial charge is 0.432 e. The summed E-state index contributed by atoms with van der Waals surface area (Å²) >= 11 is 5.85. The summed E-state index contributed by atoms with van der Waals surface area (Å²) in [4.78, 5) is 29.9. The molecule has 0 fully saturated rings. The number of amides is 2. The topological polar surface area (TPSA) is 111 Å². The molecule has 0 aliphatic heterocycles. The highest BCUT2D eigenvalue weighted by molar-refractivity contribution is 9.10. The Morgan fingerprint density at radius 2 is 2.35 bits per heavy atom. The molecule has 2 amide bonds. The quantitative estimate of drug-likeness (QED) is 0.773. The number of thioether (sulfide) groups is 1. The molecule has 0 bridgehead atoms. The van der Waals surface area contributed by atoms with Crippen LogP contribution >= 0.6 is 39.0 Å². The minimum atomic E-state index is -0.650. The number of hydrogen-bond acceptors (Lipinski definition) is 7. The third-order valence-corrected chi connectivity index (χ3v) is 4.60. The molecule has 10 heteroatoms. The van der Waals surface area contributed by atoms with Gasteiger partial charge in [0.25, 0.3) is 5.91 Å². The van der Waals surface area contributed by atoms with Crippen molar-refractivity contribution >= 4 is 56.0 Å². The number of anilines is 1. The highest BCUT2D eigenvalue weighted by Crippen LogP contribution is 2.31. The fraction of sp³-hybridized carbons (Fsp3) is 0.200. The maximum atomic E-state index is 11.0. The molecule has 0 aliphatic carbocycles. The zero-order valence-electron chi connectivity index (χ0n) is 10.2. The lowest BCUT2D eigenvalue weighted by atomic mass is 10.5. The predicted molar refractivity (Wildman–Crippen MR) is 78.7 cm³/mol. The fourth-order valence-corrected chi connectivity index (χ4v) is 3.46. The lowest BCUT2D eigenvalue weighted by Gasteiger charge is -1.93. The Bertz CT molecular complexity index is 655. The molecule has 0 atom stereocenters. The first kappa shape index (κ1) is 15.0. The van der Waals surface area contributed by atoms with Crippen molar-refractivity contribution in [1.82, 2.24) is 9.97 Å². The van der Waals surface area contributed by atoms with E-state index in [1.165, 1.54) is 30.0 Å². The van der Waals surface area contributed by atoms with Gasteiger partial charge in [-0.15, -0.1) is 11.8 Å². The van der Waals surface area contributed by atoms with Crippen LogP contribution in [0.3, 0.4) is 0 Å². The lowest BCUT2D eigenvalue weighted by molar-refractivity contribution is -0.114. The van der Waals surface area contributed by atoms with Crippen LogP contribution in [0.4, 0.5) is 5.13 Å². The molecule has 0 saturated heterocycles. The van der Waals surface area contributed by atoms with Gasteiger partial charge in [0.05, 0.1) is 16.2 Å². The van der Waals surface area contributed by atoms with E-state index in [2.05, 4.69) is 31.2 Å². The molecule has 0 spiro atoms. The molecule has 7 nitrogen and oxygen atoms in total. The summed E-state index contributed by atoms with van der Waals surface area (Å²) in [5.74, 6) is -0.0143. The van der Waals surface area contributed by atoms with Gasteiger partial charge in [-0.1, -0.05) is 11.3 Å². The van der Waals surface area contributed by atoms with Crippen molar-refractivity contribution in [2.75, 3.05) is 5.32 Å². The molecule has 2 heterocycles. The second-order valence-electron chi connectivity index (χ2n) is 3.55. The summed E-state index contributed by atoms with van der Waals surface area (Å²) in [7, 11) is 0. The Kier molecular flexibility index (Phi) is 4.78. The van der Waals surface area contributed by atoms with E-state index in [4.69, 9.17) is 10.2 Å². The monoisotopic (exact) mass is 376 g/mol. The number of oxazole rings is 1. The van der Waals surface area contributed by atoms with E-state index >= 15 is 0 Å². The van der Waals surface area contributed by atoms with Gasteiger partial charge >= 0.3 is 0 Å². The number of halogens is 1. The molecule has 20 heavy (non-hydrogen) atoms. The summed E-state index contributed by atoms with van der Waals surface area (Å²) in [6.07, 6.45) is 1.65. The number of nitrogens with one attached hydrogen (secondary N) is 1. The highest BCUT2D eigenvalue weighted by atomic mass is 79.9. The first-order valence-corrected chi connectivity index (χ1v) is 7.86. The van der Waals surface area contributed by atoms with Gasteiger partial charge in [0.2, 0.25) is 16.5 Å². The molecule has 3 N–H and O–H groups in total. The number of nitrogens with zero attached hydrogens (tertiary/aromatic N) is 2. The number of primary amides is 1. The van der Waals surface area contributed by atoms with Gasteiger partial charge in [0.15, 0.2) is 10.8 Å². The Morgan fingerprint density at radius 1 is 1.60 bits per heavy atom. The average Bonchev–Trinajstić information content (AvgIpc) is 2.92. The van der Waals surface area contributed by atoms with Crippen molar-refractivity contribution in [2.45, 2.75) is 16.9 Å². The predicted octanol–water partition coefficient (Wildman–Crippen LogP) is 2.24. The minimum absolute atomic E-state index is 0.0730. The van der Waals surface area contributed by atoms with E-state index in [1.54, 1.807) is 6.20 Å². The summed E-state index contributed by atoms with van der Waals surface area (Å²) in [6.45, 7) is 1.42. The third-order valence-electron chi connectivity index (χ3n) is 1.97. The van der Waals surface area contributed by atoms with Gasteiger partial charge in [-0.05, 0) is 15.9 Å². The van der Waals surface area contributed by atoms with Crippen LogP contribution < -0.4 is 11.1 Å². The van der Waals surface area contributed by atoms with Gasteiger partial charge in [0.1, 0.15) is 0 Å².